The number of hydrogen-bond acceptors (Lipinski definition) is 8. The Morgan fingerprint density at radius 2 is 1.27 bits per heavy atom. The average Bonchev–Trinajstić information content (AvgIpc) is 2.89. The van der Waals surface area contributed by atoms with Crippen LogP contribution >= 0.6 is 0 Å². The van der Waals surface area contributed by atoms with Gasteiger partial charge >= 0.3 is 6.09 Å². The molecule has 2 N–H and O–H groups in total. The van der Waals surface area contributed by atoms with Crippen LogP contribution in [0.1, 0.15) is 58.6 Å². The van der Waals surface area contributed by atoms with E-state index in [9.17, 15) is 24.6 Å². The zero-order valence-electron chi connectivity index (χ0n) is 23.4. The molecule has 40 heavy (non-hydrogen) atoms. The molecular weight excluding hydrogens is 514 g/mol. The topological polar surface area (TPSA) is 135 Å². The van der Waals surface area contributed by atoms with Gasteiger partial charge in [-0.25, -0.2) is 14.8 Å². The smallest absolute Gasteiger partial charge is 0.410 e. The highest BCUT2D eigenvalue weighted by Gasteiger charge is 2.32. The molecule has 2 aromatic rings. The van der Waals surface area contributed by atoms with Crippen molar-refractivity contribution in [2.75, 3.05) is 18.4 Å². The fourth-order valence-corrected chi connectivity index (χ4v) is 4.79. The zero-order valence-corrected chi connectivity index (χ0v) is 23.4. The van der Waals surface area contributed by atoms with E-state index < -0.39 is 25.1 Å². The molecule has 11 heteroatoms. The van der Waals surface area contributed by atoms with Gasteiger partial charge in [-0.3, -0.25) is 14.5 Å². The third kappa shape index (κ3) is 6.05. The van der Waals surface area contributed by atoms with Gasteiger partial charge in [-0.2, -0.15) is 10.2 Å². The molecule has 0 saturated heterocycles. The first-order valence-electron chi connectivity index (χ1n) is 13.1. The van der Waals surface area contributed by atoms with E-state index in [4.69, 9.17) is 4.74 Å². The van der Waals surface area contributed by atoms with Gasteiger partial charge in [0.25, 0.3) is 0 Å². The highest BCUT2D eigenvalue weighted by molar-refractivity contribution is 6.06. The predicted molar refractivity (Wildman–Crippen MR) is 150 cm³/mol. The van der Waals surface area contributed by atoms with E-state index in [1.807, 2.05) is 46.8 Å². The number of nitrogens with zero attached hydrogens (tertiary/aromatic N) is 5. The second-order valence-electron chi connectivity index (χ2n) is 11.0. The lowest BCUT2D eigenvalue weighted by atomic mass is 9.93. The lowest BCUT2D eigenvalue weighted by Gasteiger charge is -2.35. The molecule has 4 rings (SSSR count). The van der Waals surface area contributed by atoms with Crippen molar-refractivity contribution in [2.24, 2.45) is 22.0 Å². The Hall–Kier alpha value is -4.09. The minimum absolute atomic E-state index is 0.109. The van der Waals surface area contributed by atoms with Gasteiger partial charge in [0, 0.05) is 35.9 Å². The number of ether oxygens (including phenoxy) is 1. The summed E-state index contributed by atoms with van der Waals surface area (Å²) in [5.41, 5.74) is 2.93. The van der Waals surface area contributed by atoms with E-state index in [2.05, 4.69) is 10.2 Å². The summed E-state index contributed by atoms with van der Waals surface area (Å²) in [4.78, 5) is 38.9. The summed E-state index contributed by atoms with van der Waals surface area (Å²) < 4.78 is 5.74. The number of hydrazone groups is 2. The Kier molecular flexibility index (Phi) is 8.36. The maximum atomic E-state index is 13.4. The molecule has 2 atom stereocenters. The van der Waals surface area contributed by atoms with Crippen LogP contribution in [-0.2, 0) is 9.59 Å². The molecule has 2 aliphatic heterocycles. The number of amides is 3. The Bertz CT molecular complexity index is 1330. The summed E-state index contributed by atoms with van der Waals surface area (Å²) in [5.74, 6) is -0.338. The minimum atomic E-state index is -0.610. The molecule has 0 spiro atoms. The van der Waals surface area contributed by atoms with Crippen molar-refractivity contribution in [3.05, 3.63) is 59.7 Å². The van der Waals surface area contributed by atoms with Gasteiger partial charge < -0.3 is 14.9 Å². The molecule has 0 fully saturated rings. The minimum Gasteiger partial charge on any atom is -0.410 e. The monoisotopic (exact) mass is 549 g/mol. The third-order valence-electron chi connectivity index (χ3n) is 6.83. The van der Waals surface area contributed by atoms with Crippen LogP contribution in [0.3, 0.4) is 0 Å². The number of hydrogen-bond donors (Lipinski definition) is 2. The quantitative estimate of drug-likeness (QED) is 0.566. The van der Waals surface area contributed by atoms with Crippen LogP contribution < -0.4 is 9.64 Å². The van der Waals surface area contributed by atoms with Crippen LogP contribution in [0, 0.1) is 11.8 Å². The number of aliphatic hydroxyl groups excluding tert-OH is 2. The van der Waals surface area contributed by atoms with Crippen molar-refractivity contribution in [3.63, 3.8) is 0 Å². The summed E-state index contributed by atoms with van der Waals surface area (Å²) in [5, 5.41) is 29.5. The fraction of sp³-hybridized carbons (Fsp3) is 0.414. The molecular formula is C29H35N5O6. The number of benzene rings is 2. The van der Waals surface area contributed by atoms with E-state index in [0.29, 0.717) is 22.9 Å². The molecule has 2 aromatic carbocycles. The van der Waals surface area contributed by atoms with Gasteiger partial charge in [0.2, 0.25) is 11.8 Å². The molecule has 2 heterocycles. The van der Waals surface area contributed by atoms with Crippen LogP contribution in [0.5, 0.6) is 5.75 Å². The van der Waals surface area contributed by atoms with Crippen LogP contribution in [-0.4, -0.2) is 68.6 Å². The lowest BCUT2D eigenvalue weighted by Crippen LogP contribution is -2.47. The Labute approximate surface area is 233 Å². The molecule has 11 nitrogen and oxygen atoms in total. The SMILES string of the molecule is C[C@@H]1CC(=O)N(CO)N=C1c1ccc(OC(=O)N(c2ccc(C3=NN(CO)C(=O)C[C@H]3C)cc2)C(C)(C)C)cc1. The van der Waals surface area contributed by atoms with E-state index in [0.717, 1.165) is 21.1 Å². The first kappa shape index (κ1) is 28.9. The number of rotatable bonds is 6. The Balaban J connectivity index is 1.53. The summed E-state index contributed by atoms with van der Waals surface area (Å²) >= 11 is 0. The maximum Gasteiger partial charge on any atom is 0.420 e. The number of aliphatic hydroxyl groups is 2. The van der Waals surface area contributed by atoms with E-state index in [1.165, 1.54) is 0 Å². The first-order valence-corrected chi connectivity index (χ1v) is 13.1. The summed E-state index contributed by atoms with van der Waals surface area (Å²) in [6.45, 7) is 8.55. The van der Waals surface area contributed by atoms with Crippen molar-refractivity contribution in [1.29, 1.82) is 0 Å². The molecule has 0 bridgehead atoms. The standard InChI is InChI=1S/C29H35N5O6/c1-18-14-24(37)32(16-35)30-26(18)20-6-10-22(11-7-20)34(29(3,4)5)28(39)40-23-12-8-21(9-13-23)27-19(2)15-25(38)33(17-36)31-27/h6-13,18-19,35-36H,14-17H2,1-5H3/t18-,19-/m1/s1. The Morgan fingerprint density at radius 3 is 1.68 bits per heavy atom. The molecule has 3 amide bonds. The zero-order chi connectivity index (χ0) is 29.2. The van der Waals surface area contributed by atoms with E-state index in [1.54, 1.807) is 41.3 Å². The average molecular weight is 550 g/mol. The van der Waals surface area contributed by atoms with Crippen LogP contribution in [0.25, 0.3) is 0 Å². The van der Waals surface area contributed by atoms with Crippen molar-refractivity contribution in [1.82, 2.24) is 10.0 Å². The Morgan fingerprint density at radius 1 is 0.850 bits per heavy atom. The van der Waals surface area contributed by atoms with Gasteiger partial charge in [0.05, 0.1) is 11.4 Å². The van der Waals surface area contributed by atoms with E-state index >= 15 is 0 Å². The molecule has 0 aliphatic carbocycles. The van der Waals surface area contributed by atoms with Gasteiger partial charge in [-0.05, 0) is 68.3 Å². The second-order valence-corrected chi connectivity index (χ2v) is 11.0. The van der Waals surface area contributed by atoms with Crippen molar-refractivity contribution in [2.45, 2.75) is 53.0 Å². The largest absolute Gasteiger partial charge is 0.420 e. The summed E-state index contributed by atoms with van der Waals surface area (Å²) in [6.07, 6.45) is -0.0573. The van der Waals surface area contributed by atoms with Gasteiger partial charge in [0.15, 0.2) is 0 Å². The molecule has 0 saturated carbocycles. The molecule has 0 radical (unpaired) electrons. The molecule has 212 valence electrons. The first-order chi connectivity index (χ1) is 18.9. The fourth-order valence-electron chi connectivity index (χ4n) is 4.79. The predicted octanol–water partition coefficient (Wildman–Crippen LogP) is 3.54. The third-order valence-corrected chi connectivity index (χ3v) is 6.83. The van der Waals surface area contributed by atoms with Crippen LogP contribution in [0.15, 0.2) is 58.7 Å². The van der Waals surface area contributed by atoms with Crippen molar-refractivity contribution < 1.29 is 29.3 Å². The maximum absolute atomic E-state index is 13.4. The second kappa shape index (κ2) is 11.6. The van der Waals surface area contributed by atoms with Crippen molar-refractivity contribution in [3.8, 4) is 5.75 Å². The van der Waals surface area contributed by atoms with Crippen molar-refractivity contribution >= 4 is 35.0 Å². The summed E-state index contributed by atoms with van der Waals surface area (Å²) in [7, 11) is 0. The highest BCUT2D eigenvalue weighted by atomic mass is 16.6. The van der Waals surface area contributed by atoms with Gasteiger partial charge in [0.1, 0.15) is 19.2 Å². The molecule has 0 aromatic heterocycles. The van der Waals surface area contributed by atoms with Gasteiger partial charge in [-0.1, -0.05) is 26.0 Å². The highest BCUT2D eigenvalue weighted by Crippen LogP contribution is 2.29. The normalized spacial score (nSPS) is 19.8. The molecule has 2 aliphatic rings. The van der Waals surface area contributed by atoms with Gasteiger partial charge in [-0.15, -0.1) is 0 Å². The van der Waals surface area contributed by atoms with Crippen LogP contribution in [0.4, 0.5) is 10.5 Å². The number of carbonyl (C=O) groups excluding carboxylic acids is 3. The van der Waals surface area contributed by atoms with Crippen LogP contribution in [0.2, 0.25) is 0 Å². The number of carbonyl (C=O) groups is 3. The van der Waals surface area contributed by atoms with E-state index in [-0.39, 0.29) is 36.5 Å². The molecule has 0 unspecified atom stereocenters. The lowest BCUT2D eigenvalue weighted by molar-refractivity contribution is -0.137. The summed E-state index contributed by atoms with van der Waals surface area (Å²) in [6, 6.07) is 14.2. The number of anilines is 1.